The maximum atomic E-state index is 13.4. The van der Waals surface area contributed by atoms with E-state index in [1.807, 2.05) is 0 Å². The molecule has 0 spiro atoms. The number of ketones is 2. The molecule has 2 aliphatic heterocycles. The van der Waals surface area contributed by atoms with Crippen molar-refractivity contribution in [2.24, 2.45) is 0 Å². The van der Waals surface area contributed by atoms with Crippen molar-refractivity contribution >= 4 is 23.9 Å². The minimum absolute atomic E-state index is 0.0455. The molecule has 0 bridgehead atoms. The van der Waals surface area contributed by atoms with Gasteiger partial charge in [0.1, 0.15) is 54.0 Å². The van der Waals surface area contributed by atoms with Gasteiger partial charge < -0.3 is 40.1 Å². The Morgan fingerprint density at radius 3 is 1.60 bits per heavy atom. The van der Waals surface area contributed by atoms with Gasteiger partial charge in [-0.2, -0.15) is 0 Å². The number of allylic oxidation sites excluding steroid dienone is 1. The van der Waals surface area contributed by atoms with Crippen molar-refractivity contribution in [2.75, 3.05) is 13.2 Å². The van der Waals surface area contributed by atoms with E-state index in [0.29, 0.717) is 6.29 Å². The van der Waals surface area contributed by atoms with Crippen LogP contribution in [-0.2, 0) is 19.1 Å². The van der Waals surface area contributed by atoms with Crippen LogP contribution in [0.15, 0.2) is 54.6 Å². The lowest BCUT2D eigenvalue weighted by Crippen LogP contribution is -2.53. The van der Waals surface area contributed by atoms with E-state index in [1.54, 1.807) is 24.3 Å². The average Bonchev–Trinajstić information content (AvgIpc) is 2.98. The number of aliphatic hydroxyl groups is 6. The van der Waals surface area contributed by atoms with Gasteiger partial charge >= 0.3 is 0 Å². The number of hydrogen-bond acceptors (Lipinski definition) is 11. The number of hydrogen-bond donors (Lipinski definition) is 6. The van der Waals surface area contributed by atoms with Gasteiger partial charge in [-0.1, -0.05) is 30.3 Å². The summed E-state index contributed by atoms with van der Waals surface area (Å²) in [5, 5.41) is 56.2. The molecule has 0 aromatic heterocycles. The molecule has 4 rings (SSSR count). The summed E-state index contributed by atoms with van der Waals surface area (Å²) in [6.45, 7) is 1.19. The first-order valence-corrected chi connectivity index (χ1v) is 13.3. The molecular formula is C30H36F2O11. The van der Waals surface area contributed by atoms with Crippen LogP contribution in [0.4, 0.5) is 8.78 Å². The molecule has 0 amide bonds. The molecule has 0 unspecified atom stereocenters. The Morgan fingerprint density at radius 2 is 1.19 bits per heavy atom. The normalized spacial score (nSPS) is 28.6. The Hall–Kier alpha value is -3.27. The first-order chi connectivity index (χ1) is 20.3. The summed E-state index contributed by atoms with van der Waals surface area (Å²) in [5.41, 5.74) is 0.393. The molecule has 2 aliphatic rings. The predicted molar refractivity (Wildman–Crippen MR) is 148 cm³/mol. The van der Waals surface area contributed by atoms with Crippen molar-refractivity contribution in [3.05, 3.63) is 77.4 Å². The minimum atomic E-state index is -1.34. The van der Waals surface area contributed by atoms with Gasteiger partial charge in [-0.15, -0.1) is 0 Å². The van der Waals surface area contributed by atoms with Crippen LogP contribution in [-0.4, -0.2) is 111 Å². The van der Waals surface area contributed by atoms with Gasteiger partial charge in [0.15, 0.2) is 12.1 Å². The molecular weight excluding hydrogens is 574 g/mol. The number of halogens is 2. The van der Waals surface area contributed by atoms with Gasteiger partial charge in [-0.3, -0.25) is 14.4 Å². The van der Waals surface area contributed by atoms with E-state index in [-0.39, 0.29) is 48.7 Å². The van der Waals surface area contributed by atoms with Gasteiger partial charge in [0.05, 0.1) is 31.0 Å². The highest BCUT2D eigenvalue weighted by atomic mass is 19.1. The largest absolute Gasteiger partial charge is 0.388 e. The highest BCUT2D eigenvalue weighted by molar-refractivity contribution is 5.94. The zero-order valence-corrected chi connectivity index (χ0v) is 23.3. The number of aldehydes is 1. The van der Waals surface area contributed by atoms with Crippen LogP contribution in [0.25, 0.3) is 6.08 Å². The Balaban J connectivity index is 0.000000249. The number of aliphatic hydroxyl groups excluding tert-OH is 6. The van der Waals surface area contributed by atoms with E-state index in [4.69, 9.17) is 14.6 Å². The first kappa shape index (κ1) is 35.9. The van der Waals surface area contributed by atoms with Crippen molar-refractivity contribution in [1.29, 1.82) is 0 Å². The van der Waals surface area contributed by atoms with Crippen molar-refractivity contribution in [3.8, 4) is 0 Å². The molecule has 0 saturated carbocycles. The third-order valence-electron chi connectivity index (χ3n) is 6.49. The molecule has 13 heteroatoms. The zero-order valence-electron chi connectivity index (χ0n) is 23.3. The predicted octanol–water partition coefficient (Wildman–Crippen LogP) is 0.365. The van der Waals surface area contributed by atoms with E-state index in [9.17, 15) is 48.7 Å². The maximum absolute atomic E-state index is 13.4. The van der Waals surface area contributed by atoms with Crippen molar-refractivity contribution in [2.45, 2.75) is 68.6 Å². The number of benzene rings is 2. The first-order valence-electron chi connectivity index (χ1n) is 13.3. The molecule has 11 nitrogen and oxygen atoms in total. The van der Waals surface area contributed by atoms with Crippen LogP contribution in [0.1, 0.15) is 35.7 Å². The van der Waals surface area contributed by atoms with E-state index in [1.165, 1.54) is 43.3 Å². The lowest BCUT2D eigenvalue weighted by Gasteiger charge is -2.34. The molecule has 0 aliphatic carbocycles. The molecule has 43 heavy (non-hydrogen) atoms. The Bertz CT molecular complexity index is 1220. The standard InChI is InChI=1S/C15H17FO5.C8H14O5.C7H5FO/c16-11-4-2-1-3-9(11)5-6-10(17)7-13-15(20)14(19)12(18)8-21-13;1-4(9)2-6-8(12)7(11)5(10)3-13-6;8-7-4-2-1-3-6(7)5-9/h1-6,12-15,18-20H,7-8H2;5-8,10-12H,2-3H2,1H3;1-5H/b6-5+;;/t12-,13+,14+,15+;5-,6+,7+,8+;/m11./s1. The van der Waals surface area contributed by atoms with Crippen LogP contribution in [0.3, 0.4) is 0 Å². The zero-order chi connectivity index (χ0) is 32.1. The summed E-state index contributed by atoms with van der Waals surface area (Å²) in [6, 6.07) is 11.9. The van der Waals surface area contributed by atoms with E-state index in [2.05, 4.69) is 0 Å². The molecule has 2 aromatic rings. The molecule has 2 aromatic carbocycles. The van der Waals surface area contributed by atoms with Crippen molar-refractivity contribution in [1.82, 2.24) is 0 Å². The van der Waals surface area contributed by atoms with Gasteiger partial charge in [0.25, 0.3) is 0 Å². The Kier molecular flexibility index (Phi) is 14.8. The molecule has 2 saturated heterocycles. The maximum Gasteiger partial charge on any atom is 0.158 e. The summed E-state index contributed by atoms with van der Waals surface area (Å²) in [4.78, 5) is 32.5. The number of carbonyl (C=O) groups is 3. The van der Waals surface area contributed by atoms with Crippen LogP contribution >= 0.6 is 0 Å². The highest BCUT2D eigenvalue weighted by Crippen LogP contribution is 2.19. The second kappa shape index (κ2) is 17.8. The Labute approximate surface area is 246 Å². The third-order valence-corrected chi connectivity index (χ3v) is 6.49. The summed E-state index contributed by atoms with van der Waals surface area (Å²) >= 11 is 0. The van der Waals surface area contributed by atoms with Gasteiger partial charge in [0.2, 0.25) is 0 Å². The number of ether oxygens (including phenoxy) is 2. The van der Waals surface area contributed by atoms with Crippen LogP contribution in [0.5, 0.6) is 0 Å². The van der Waals surface area contributed by atoms with E-state index < -0.39 is 60.5 Å². The highest BCUT2D eigenvalue weighted by Gasteiger charge is 2.38. The summed E-state index contributed by atoms with van der Waals surface area (Å²) in [7, 11) is 0. The monoisotopic (exact) mass is 610 g/mol. The molecule has 236 valence electrons. The van der Waals surface area contributed by atoms with Gasteiger partial charge in [-0.25, -0.2) is 8.78 Å². The van der Waals surface area contributed by atoms with Crippen molar-refractivity contribution < 1.29 is 63.3 Å². The minimum Gasteiger partial charge on any atom is -0.388 e. The average molecular weight is 611 g/mol. The lowest BCUT2D eigenvalue weighted by atomic mass is 9.96. The fourth-order valence-corrected chi connectivity index (χ4v) is 4.01. The van der Waals surface area contributed by atoms with E-state index >= 15 is 0 Å². The molecule has 2 fully saturated rings. The van der Waals surface area contributed by atoms with Crippen LogP contribution < -0.4 is 0 Å². The SMILES string of the molecule is CC(=O)C[C@@H]1OC[C@@H](O)[C@H](O)[C@H]1O.O=C(/C=C/c1ccccc1F)C[C@@H]1OC[C@@H](O)[C@H](O)[C@H]1O.O=Cc1ccccc1F. The second-order valence-corrected chi connectivity index (χ2v) is 9.91. The van der Waals surface area contributed by atoms with Gasteiger partial charge in [0, 0.05) is 18.4 Å². The topological polar surface area (TPSA) is 191 Å². The van der Waals surface area contributed by atoms with Crippen LogP contribution in [0.2, 0.25) is 0 Å². The van der Waals surface area contributed by atoms with Crippen molar-refractivity contribution in [3.63, 3.8) is 0 Å². The summed E-state index contributed by atoms with van der Waals surface area (Å²) in [6.07, 6.45) is -5.96. The Morgan fingerprint density at radius 1 is 0.744 bits per heavy atom. The number of rotatable bonds is 7. The second-order valence-electron chi connectivity index (χ2n) is 9.91. The fraction of sp³-hybridized carbons (Fsp3) is 0.433. The smallest absolute Gasteiger partial charge is 0.158 e. The summed E-state index contributed by atoms with van der Waals surface area (Å²) in [5.74, 6) is -1.39. The van der Waals surface area contributed by atoms with Gasteiger partial charge in [-0.05, 0) is 37.3 Å². The molecule has 8 atom stereocenters. The summed E-state index contributed by atoms with van der Waals surface area (Å²) < 4.78 is 35.9. The molecule has 6 N–H and O–H groups in total. The third kappa shape index (κ3) is 11.4. The quantitative estimate of drug-likeness (QED) is 0.188. The number of carbonyl (C=O) groups excluding carboxylic acids is 3. The number of Topliss-reactive ketones (excluding diaryl/α,β-unsaturated/α-hetero) is 1. The molecule has 0 radical (unpaired) electrons. The lowest BCUT2D eigenvalue weighted by molar-refractivity contribution is -0.188. The van der Waals surface area contributed by atoms with E-state index in [0.717, 1.165) is 0 Å². The van der Waals surface area contributed by atoms with Crippen LogP contribution in [0, 0.1) is 11.6 Å². The molecule has 2 heterocycles. The fourth-order valence-electron chi connectivity index (χ4n) is 4.01.